The zero-order valence-corrected chi connectivity index (χ0v) is 10.5. The number of nitrogens with zero attached hydrogens (tertiary/aromatic N) is 1. The molecule has 1 atom stereocenters. The molecule has 16 heavy (non-hydrogen) atoms. The van der Waals surface area contributed by atoms with Gasteiger partial charge in [-0.2, -0.15) is 0 Å². The molecule has 0 aliphatic carbocycles. The maximum Gasteiger partial charge on any atom is 0.0742 e. The Labute approximate surface area is 97.5 Å². The van der Waals surface area contributed by atoms with Crippen LogP contribution in [0.3, 0.4) is 0 Å². The highest BCUT2D eigenvalue weighted by molar-refractivity contribution is 5.85. The highest BCUT2D eigenvalue weighted by Gasteiger charge is 2.10. The molecule has 1 heteroatoms. The Kier molecular flexibility index (Phi) is 2.95. The number of para-hydroxylation sites is 1. The van der Waals surface area contributed by atoms with Crippen molar-refractivity contribution in [3.05, 3.63) is 41.1 Å². The van der Waals surface area contributed by atoms with Gasteiger partial charge >= 0.3 is 0 Å². The standard InChI is InChI=1S/C15H19N/c1-5-10(2)13-7-6-8-14-11(3)9-12(4)16-15(13)14/h6-10H,5H2,1-4H3. The van der Waals surface area contributed by atoms with Gasteiger partial charge in [0.05, 0.1) is 5.52 Å². The van der Waals surface area contributed by atoms with Gasteiger partial charge in [-0.1, -0.05) is 32.0 Å². The Morgan fingerprint density at radius 2 is 2.00 bits per heavy atom. The molecule has 1 nitrogen and oxygen atoms in total. The van der Waals surface area contributed by atoms with E-state index in [4.69, 9.17) is 4.98 Å². The lowest BCUT2D eigenvalue weighted by Gasteiger charge is -2.13. The van der Waals surface area contributed by atoms with Crippen LogP contribution in [0, 0.1) is 13.8 Å². The molecule has 1 heterocycles. The van der Waals surface area contributed by atoms with Crippen LogP contribution in [0.15, 0.2) is 24.3 Å². The Hall–Kier alpha value is -1.37. The molecule has 0 aliphatic rings. The summed E-state index contributed by atoms with van der Waals surface area (Å²) in [5.74, 6) is 0.581. The second-order valence-corrected chi connectivity index (χ2v) is 4.63. The van der Waals surface area contributed by atoms with E-state index in [1.54, 1.807) is 0 Å². The zero-order valence-electron chi connectivity index (χ0n) is 10.5. The van der Waals surface area contributed by atoms with E-state index in [0.717, 1.165) is 12.1 Å². The monoisotopic (exact) mass is 213 g/mol. The summed E-state index contributed by atoms with van der Waals surface area (Å²) < 4.78 is 0. The SMILES string of the molecule is CCC(C)c1cccc2c(C)cc(C)nc12. The van der Waals surface area contributed by atoms with Gasteiger partial charge in [0.25, 0.3) is 0 Å². The summed E-state index contributed by atoms with van der Waals surface area (Å²) in [4.78, 5) is 4.71. The van der Waals surface area contributed by atoms with Crippen molar-refractivity contribution in [1.82, 2.24) is 4.98 Å². The van der Waals surface area contributed by atoms with Crippen LogP contribution >= 0.6 is 0 Å². The van der Waals surface area contributed by atoms with E-state index < -0.39 is 0 Å². The average molecular weight is 213 g/mol. The summed E-state index contributed by atoms with van der Waals surface area (Å²) >= 11 is 0. The van der Waals surface area contributed by atoms with Crippen molar-refractivity contribution in [1.29, 1.82) is 0 Å². The molecule has 1 unspecified atom stereocenters. The van der Waals surface area contributed by atoms with E-state index in [9.17, 15) is 0 Å². The molecule has 0 fully saturated rings. The molecule has 0 bridgehead atoms. The molecule has 0 saturated carbocycles. The first-order valence-electron chi connectivity index (χ1n) is 6.00. The average Bonchev–Trinajstić information content (AvgIpc) is 2.27. The predicted molar refractivity (Wildman–Crippen MR) is 69.9 cm³/mol. The number of hydrogen-bond donors (Lipinski definition) is 0. The minimum Gasteiger partial charge on any atom is -0.253 e. The number of benzene rings is 1. The van der Waals surface area contributed by atoms with Gasteiger partial charge in [-0.3, -0.25) is 4.98 Å². The third-order valence-electron chi connectivity index (χ3n) is 3.35. The molecule has 0 saturated heterocycles. The number of rotatable bonds is 2. The lowest BCUT2D eigenvalue weighted by atomic mass is 9.94. The van der Waals surface area contributed by atoms with Gasteiger partial charge in [0.2, 0.25) is 0 Å². The Balaban J connectivity index is 2.76. The number of fused-ring (bicyclic) bond motifs is 1. The van der Waals surface area contributed by atoms with Gasteiger partial charge in [-0.15, -0.1) is 0 Å². The fourth-order valence-corrected chi connectivity index (χ4v) is 2.22. The molecule has 0 amide bonds. The second kappa shape index (κ2) is 4.25. The highest BCUT2D eigenvalue weighted by atomic mass is 14.7. The molecule has 0 aliphatic heterocycles. The molecule has 2 aromatic rings. The largest absolute Gasteiger partial charge is 0.253 e. The van der Waals surface area contributed by atoms with Gasteiger partial charge in [0.1, 0.15) is 0 Å². The van der Waals surface area contributed by atoms with E-state index in [0.29, 0.717) is 5.92 Å². The van der Waals surface area contributed by atoms with Crippen LogP contribution < -0.4 is 0 Å². The molecule has 1 aromatic carbocycles. The van der Waals surface area contributed by atoms with Crippen molar-refractivity contribution >= 4 is 10.9 Å². The smallest absolute Gasteiger partial charge is 0.0742 e. The van der Waals surface area contributed by atoms with Crippen LogP contribution in [-0.4, -0.2) is 4.98 Å². The van der Waals surface area contributed by atoms with Gasteiger partial charge in [0.15, 0.2) is 0 Å². The predicted octanol–water partition coefficient (Wildman–Crippen LogP) is 4.37. The van der Waals surface area contributed by atoms with Crippen molar-refractivity contribution in [3.8, 4) is 0 Å². The number of hydrogen-bond acceptors (Lipinski definition) is 1. The lowest BCUT2D eigenvalue weighted by Crippen LogP contribution is -1.97. The van der Waals surface area contributed by atoms with Crippen LogP contribution in [0.1, 0.15) is 43.0 Å². The van der Waals surface area contributed by atoms with Gasteiger partial charge in [-0.05, 0) is 43.4 Å². The van der Waals surface area contributed by atoms with E-state index >= 15 is 0 Å². The fraction of sp³-hybridized carbons (Fsp3) is 0.400. The Morgan fingerprint density at radius 3 is 2.69 bits per heavy atom. The minimum atomic E-state index is 0.581. The van der Waals surface area contributed by atoms with Crippen LogP contribution in [-0.2, 0) is 0 Å². The summed E-state index contributed by atoms with van der Waals surface area (Å²) in [5.41, 5.74) is 5.01. The first kappa shape index (κ1) is 11.1. The first-order valence-corrected chi connectivity index (χ1v) is 6.00. The molecule has 2 rings (SSSR count). The lowest BCUT2D eigenvalue weighted by molar-refractivity contribution is 0.737. The Morgan fingerprint density at radius 1 is 1.25 bits per heavy atom. The van der Waals surface area contributed by atoms with Crippen LogP contribution in [0.4, 0.5) is 0 Å². The van der Waals surface area contributed by atoms with Gasteiger partial charge in [0, 0.05) is 11.1 Å². The van der Waals surface area contributed by atoms with Crippen LogP contribution in [0.2, 0.25) is 0 Å². The maximum absolute atomic E-state index is 4.71. The van der Waals surface area contributed by atoms with Gasteiger partial charge in [-0.25, -0.2) is 0 Å². The summed E-state index contributed by atoms with van der Waals surface area (Å²) in [6.07, 6.45) is 1.16. The van der Waals surface area contributed by atoms with Crippen molar-refractivity contribution < 1.29 is 0 Å². The van der Waals surface area contributed by atoms with Gasteiger partial charge < -0.3 is 0 Å². The minimum absolute atomic E-state index is 0.581. The summed E-state index contributed by atoms with van der Waals surface area (Å²) in [6, 6.07) is 8.68. The highest BCUT2D eigenvalue weighted by Crippen LogP contribution is 2.28. The molecular weight excluding hydrogens is 194 g/mol. The normalized spacial score (nSPS) is 13.0. The number of pyridine rings is 1. The molecule has 84 valence electrons. The number of aromatic nitrogens is 1. The number of aryl methyl sites for hydroxylation is 2. The molecule has 0 N–H and O–H groups in total. The maximum atomic E-state index is 4.71. The third kappa shape index (κ3) is 1.82. The second-order valence-electron chi connectivity index (χ2n) is 4.63. The Bertz CT molecular complexity index is 514. The van der Waals surface area contributed by atoms with Crippen LogP contribution in [0.5, 0.6) is 0 Å². The molecule has 0 radical (unpaired) electrons. The summed E-state index contributed by atoms with van der Waals surface area (Å²) in [6.45, 7) is 8.73. The van der Waals surface area contributed by atoms with E-state index in [1.165, 1.54) is 22.0 Å². The quantitative estimate of drug-likeness (QED) is 0.722. The fourth-order valence-electron chi connectivity index (χ4n) is 2.22. The van der Waals surface area contributed by atoms with Crippen LogP contribution in [0.25, 0.3) is 10.9 Å². The van der Waals surface area contributed by atoms with E-state index in [1.807, 2.05) is 0 Å². The van der Waals surface area contributed by atoms with E-state index in [2.05, 4.69) is 52.0 Å². The van der Waals surface area contributed by atoms with Crippen molar-refractivity contribution in [3.63, 3.8) is 0 Å². The topological polar surface area (TPSA) is 12.9 Å². The zero-order chi connectivity index (χ0) is 11.7. The van der Waals surface area contributed by atoms with Crippen molar-refractivity contribution in [2.24, 2.45) is 0 Å². The van der Waals surface area contributed by atoms with Crippen molar-refractivity contribution in [2.75, 3.05) is 0 Å². The molecule has 1 aromatic heterocycles. The summed E-state index contributed by atoms with van der Waals surface area (Å²) in [7, 11) is 0. The third-order valence-corrected chi connectivity index (χ3v) is 3.35. The molecular formula is C15H19N. The van der Waals surface area contributed by atoms with Crippen molar-refractivity contribution in [2.45, 2.75) is 40.0 Å². The summed E-state index contributed by atoms with van der Waals surface area (Å²) in [5, 5.41) is 1.29. The first-order chi connectivity index (χ1) is 7.63. The van der Waals surface area contributed by atoms with E-state index in [-0.39, 0.29) is 0 Å². The molecule has 0 spiro atoms.